The SMILES string of the molecule is CCn1nc(C)cc1Cn1cccn1. The highest BCUT2D eigenvalue weighted by molar-refractivity contribution is 5.09. The minimum Gasteiger partial charge on any atom is -0.268 e. The Balaban J connectivity index is 2.23. The van der Waals surface area contributed by atoms with Crippen LogP contribution in [0.5, 0.6) is 0 Å². The average molecular weight is 190 g/mol. The van der Waals surface area contributed by atoms with Gasteiger partial charge in [-0.1, -0.05) is 0 Å². The van der Waals surface area contributed by atoms with Crippen LogP contribution in [-0.2, 0) is 13.1 Å². The molecule has 0 bridgehead atoms. The monoisotopic (exact) mass is 190 g/mol. The molecule has 2 aromatic rings. The van der Waals surface area contributed by atoms with Crippen LogP contribution < -0.4 is 0 Å². The largest absolute Gasteiger partial charge is 0.268 e. The standard InChI is InChI=1S/C10H14N4/c1-3-14-10(7-9(2)12-14)8-13-6-4-5-11-13/h4-7H,3,8H2,1-2H3. The Bertz CT molecular complexity index is 400. The molecule has 0 spiro atoms. The van der Waals surface area contributed by atoms with Crippen molar-refractivity contribution in [2.75, 3.05) is 0 Å². The van der Waals surface area contributed by atoms with Crippen molar-refractivity contribution in [3.63, 3.8) is 0 Å². The molecule has 0 saturated heterocycles. The van der Waals surface area contributed by atoms with E-state index in [1.807, 2.05) is 28.6 Å². The van der Waals surface area contributed by atoms with Gasteiger partial charge in [-0.25, -0.2) is 0 Å². The van der Waals surface area contributed by atoms with Gasteiger partial charge in [0.2, 0.25) is 0 Å². The summed E-state index contributed by atoms with van der Waals surface area (Å²) in [7, 11) is 0. The molecule has 74 valence electrons. The fourth-order valence-corrected chi connectivity index (χ4v) is 1.56. The summed E-state index contributed by atoms with van der Waals surface area (Å²) in [5, 5.41) is 8.56. The van der Waals surface area contributed by atoms with Gasteiger partial charge in [0.25, 0.3) is 0 Å². The topological polar surface area (TPSA) is 35.6 Å². The minimum absolute atomic E-state index is 0.793. The van der Waals surface area contributed by atoms with Gasteiger partial charge >= 0.3 is 0 Å². The van der Waals surface area contributed by atoms with Crippen LogP contribution in [0.4, 0.5) is 0 Å². The molecule has 0 atom stereocenters. The minimum atomic E-state index is 0.793. The smallest absolute Gasteiger partial charge is 0.0828 e. The van der Waals surface area contributed by atoms with E-state index in [0.717, 1.165) is 18.8 Å². The third-order valence-electron chi connectivity index (χ3n) is 2.17. The number of hydrogen-bond donors (Lipinski definition) is 0. The second-order valence-electron chi connectivity index (χ2n) is 3.30. The third-order valence-corrected chi connectivity index (χ3v) is 2.17. The van der Waals surface area contributed by atoms with E-state index in [1.165, 1.54) is 5.69 Å². The number of hydrogen-bond acceptors (Lipinski definition) is 2. The Morgan fingerprint density at radius 1 is 1.43 bits per heavy atom. The lowest BCUT2D eigenvalue weighted by Gasteiger charge is -2.03. The highest BCUT2D eigenvalue weighted by Gasteiger charge is 2.04. The van der Waals surface area contributed by atoms with Crippen LogP contribution in [0.2, 0.25) is 0 Å². The Hall–Kier alpha value is -1.58. The molecular weight excluding hydrogens is 176 g/mol. The zero-order valence-electron chi connectivity index (χ0n) is 8.51. The van der Waals surface area contributed by atoms with Crippen LogP contribution in [0.3, 0.4) is 0 Å². The van der Waals surface area contributed by atoms with Gasteiger partial charge in [0.15, 0.2) is 0 Å². The molecule has 14 heavy (non-hydrogen) atoms. The summed E-state index contributed by atoms with van der Waals surface area (Å²) in [6.45, 7) is 5.81. The van der Waals surface area contributed by atoms with E-state index < -0.39 is 0 Å². The van der Waals surface area contributed by atoms with Crippen molar-refractivity contribution in [2.24, 2.45) is 0 Å². The summed E-state index contributed by atoms with van der Waals surface area (Å²) in [4.78, 5) is 0. The van der Waals surface area contributed by atoms with Gasteiger partial charge in [-0.3, -0.25) is 9.36 Å². The molecule has 4 nitrogen and oxygen atoms in total. The first-order valence-corrected chi connectivity index (χ1v) is 4.80. The van der Waals surface area contributed by atoms with Crippen LogP contribution >= 0.6 is 0 Å². The highest BCUT2D eigenvalue weighted by atomic mass is 15.3. The predicted octanol–water partition coefficient (Wildman–Crippen LogP) is 1.46. The molecule has 2 aromatic heterocycles. The zero-order chi connectivity index (χ0) is 9.97. The molecule has 2 rings (SSSR count). The molecule has 2 heterocycles. The molecule has 0 unspecified atom stereocenters. The van der Waals surface area contributed by atoms with Crippen LogP contribution in [0.1, 0.15) is 18.3 Å². The van der Waals surface area contributed by atoms with Crippen molar-refractivity contribution in [3.8, 4) is 0 Å². The van der Waals surface area contributed by atoms with Crippen LogP contribution in [0.25, 0.3) is 0 Å². The van der Waals surface area contributed by atoms with Gasteiger partial charge in [-0.2, -0.15) is 10.2 Å². The van der Waals surface area contributed by atoms with E-state index >= 15 is 0 Å². The van der Waals surface area contributed by atoms with Crippen LogP contribution in [0, 0.1) is 6.92 Å². The molecule has 0 aromatic carbocycles. The van der Waals surface area contributed by atoms with Crippen molar-refractivity contribution in [1.82, 2.24) is 19.6 Å². The van der Waals surface area contributed by atoms with E-state index in [2.05, 4.69) is 23.2 Å². The van der Waals surface area contributed by atoms with Gasteiger partial charge in [-0.15, -0.1) is 0 Å². The molecule has 0 amide bonds. The van der Waals surface area contributed by atoms with Crippen LogP contribution in [-0.4, -0.2) is 19.6 Å². The Labute approximate surface area is 83.2 Å². The first-order chi connectivity index (χ1) is 6.79. The second-order valence-corrected chi connectivity index (χ2v) is 3.30. The summed E-state index contributed by atoms with van der Waals surface area (Å²) >= 11 is 0. The fraction of sp³-hybridized carbons (Fsp3) is 0.400. The van der Waals surface area contributed by atoms with Gasteiger partial charge in [0.05, 0.1) is 17.9 Å². The summed E-state index contributed by atoms with van der Waals surface area (Å²) in [6, 6.07) is 4.03. The summed E-state index contributed by atoms with van der Waals surface area (Å²) < 4.78 is 3.92. The predicted molar refractivity (Wildman–Crippen MR) is 54.0 cm³/mol. The summed E-state index contributed by atoms with van der Waals surface area (Å²) in [6.07, 6.45) is 3.75. The zero-order valence-corrected chi connectivity index (χ0v) is 8.51. The lowest BCUT2D eigenvalue weighted by atomic mass is 10.3. The van der Waals surface area contributed by atoms with E-state index in [4.69, 9.17) is 0 Å². The van der Waals surface area contributed by atoms with E-state index in [0.29, 0.717) is 0 Å². The van der Waals surface area contributed by atoms with Crippen molar-refractivity contribution < 1.29 is 0 Å². The molecule has 0 saturated carbocycles. The molecule has 4 heteroatoms. The maximum Gasteiger partial charge on any atom is 0.0828 e. The Kier molecular flexibility index (Phi) is 2.35. The third kappa shape index (κ3) is 1.69. The first-order valence-electron chi connectivity index (χ1n) is 4.80. The lowest BCUT2D eigenvalue weighted by Crippen LogP contribution is -2.08. The first kappa shape index (κ1) is 8.99. The molecule has 0 aliphatic heterocycles. The Morgan fingerprint density at radius 2 is 2.29 bits per heavy atom. The van der Waals surface area contributed by atoms with Crippen molar-refractivity contribution in [2.45, 2.75) is 26.9 Å². The van der Waals surface area contributed by atoms with E-state index in [9.17, 15) is 0 Å². The fourth-order valence-electron chi connectivity index (χ4n) is 1.56. The number of rotatable bonds is 3. The Morgan fingerprint density at radius 3 is 2.93 bits per heavy atom. The summed E-state index contributed by atoms with van der Waals surface area (Å²) in [5.74, 6) is 0. The van der Waals surface area contributed by atoms with Gasteiger partial charge in [-0.05, 0) is 26.0 Å². The number of aromatic nitrogens is 4. The molecule has 0 aliphatic carbocycles. The van der Waals surface area contributed by atoms with Gasteiger partial charge < -0.3 is 0 Å². The lowest BCUT2D eigenvalue weighted by molar-refractivity contribution is 0.575. The van der Waals surface area contributed by atoms with E-state index in [-0.39, 0.29) is 0 Å². The normalized spacial score (nSPS) is 10.7. The second kappa shape index (κ2) is 3.65. The number of nitrogens with zero attached hydrogens (tertiary/aromatic N) is 4. The van der Waals surface area contributed by atoms with Crippen molar-refractivity contribution >= 4 is 0 Å². The molecule has 0 aliphatic rings. The molecule has 0 radical (unpaired) electrons. The molecular formula is C10H14N4. The van der Waals surface area contributed by atoms with E-state index in [1.54, 1.807) is 6.20 Å². The van der Waals surface area contributed by atoms with Gasteiger partial charge in [0.1, 0.15) is 0 Å². The molecule has 0 fully saturated rings. The van der Waals surface area contributed by atoms with Crippen LogP contribution in [0.15, 0.2) is 24.5 Å². The summed E-state index contributed by atoms with van der Waals surface area (Å²) in [5.41, 5.74) is 2.27. The maximum absolute atomic E-state index is 4.39. The van der Waals surface area contributed by atoms with Gasteiger partial charge in [0, 0.05) is 18.9 Å². The van der Waals surface area contributed by atoms with Crippen molar-refractivity contribution in [3.05, 3.63) is 35.9 Å². The molecule has 0 N–H and O–H groups in total. The quantitative estimate of drug-likeness (QED) is 0.734. The number of aryl methyl sites for hydroxylation is 2. The highest BCUT2D eigenvalue weighted by Crippen LogP contribution is 2.05. The van der Waals surface area contributed by atoms with Crippen molar-refractivity contribution in [1.29, 1.82) is 0 Å². The average Bonchev–Trinajstić information content (AvgIpc) is 2.76. The maximum atomic E-state index is 4.39.